The van der Waals surface area contributed by atoms with Crippen LogP contribution in [0.1, 0.15) is 25.8 Å². The molecule has 130 valence electrons. The fraction of sp³-hybridized carbons (Fsp3) is 0.316. The summed E-state index contributed by atoms with van der Waals surface area (Å²) in [5.74, 6) is 2.28. The second-order valence-electron chi connectivity index (χ2n) is 6.28. The average Bonchev–Trinajstić information content (AvgIpc) is 3.15. The van der Waals surface area contributed by atoms with Gasteiger partial charge in [0.1, 0.15) is 22.3 Å². The number of nitrogens with one attached hydrogen (secondary N) is 2. The van der Waals surface area contributed by atoms with Crippen molar-refractivity contribution in [3.63, 3.8) is 0 Å². The first-order valence-corrected chi connectivity index (χ1v) is 9.38. The number of nitrogens with zero attached hydrogens (tertiary/aromatic N) is 3. The van der Waals surface area contributed by atoms with E-state index < -0.39 is 0 Å². The number of aromatic nitrogens is 3. The molecule has 0 spiro atoms. The van der Waals surface area contributed by atoms with Crippen molar-refractivity contribution in [2.75, 3.05) is 11.9 Å². The quantitative estimate of drug-likeness (QED) is 0.585. The first-order valence-electron chi connectivity index (χ1n) is 8.50. The van der Waals surface area contributed by atoms with Crippen LogP contribution in [0.5, 0.6) is 0 Å². The molecular formula is C19H23N5S. The summed E-state index contributed by atoms with van der Waals surface area (Å²) in [6.45, 7) is 6.35. The molecular weight excluding hydrogens is 330 g/mol. The Morgan fingerprint density at radius 1 is 1.08 bits per heavy atom. The van der Waals surface area contributed by atoms with Crippen LogP contribution in [0.15, 0.2) is 48.1 Å². The molecule has 0 saturated heterocycles. The third kappa shape index (κ3) is 5.34. The molecule has 3 rings (SSSR count). The summed E-state index contributed by atoms with van der Waals surface area (Å²) in [6, 6.07) is 9.93. The Morgan fingerprint density at radius 3 is 2.72 bits per heavy atom. The van der Waals surface area contributed by atoms with E-state index >= 15 is 0 Å². The molecule has 25 heavy (non-hydrogen) atoms. The highest BCUT2D eigenvalue weighted by atomic mass is 32.1. The number of hydrogen-bond donors (Lipinski definition) is 2. The van der Waals surface area contributed by atoms with Gasteiger partial charge in [0.15, 0.2) is 0 Å². The van der Waals surface area contributed by atoms with Crippen molar-refractivity contribution in [2.45, 2.75) is 26.8 Å². The highest BCUT2D eigenvalue weighted by Crippen LogP contribution is 2.22. The molecule has 0 atom stereocenters. The lowest BCUT2D eigenvalue weighted by atomic mass is 10.1. The van der Waals surface area contributed by atoms with Crippen molar-refractivity contribution >= 4 is 23.0 Å². The highest BCUT2D eigenvalue weighted by molar-refractivity contribution is 7.13. The molecule has 3 aromatic heterocycles. The lowest BCUT2D eigenvalue weighted by Gasteiger charge is -2.08. The van der Waals surface area contributed by atoms with E-state index in [1.54, 1.807) is 17.5 Å². The number of thiazole rings is 1. The van der Waals surface area contributed by atoms with Gasteiger partial charge in [-0.2, -0.15) is 0 Å². The van der Waals surface area contributed by atoms with Gasteiger partial charge in [-0.1, -0.05) is 26.0 Å². The summed E-state index contributed by atoms with van der Waals surface area (Å²) in [5, 5.41) is 9.56. The van der Waals surface area contributed by atoms with Crippen LogP contribution in [0.3, 0.4) is 0 Å². The van der Waals surface area contributed by atoms with Gasteiger partial charge in [0.25, 0.3) is 0 Å². The van der Waals surface area contributed by atoms with Gasteiger partial charge in [0.2, 0.25) is 0 Å². The minimum Gasteiger partial charge on any atom is -0.325 e. The molecule has 0 amide bonds. The first-order chi connectivity index (χ1) is 12.2. The number of rotatable bonds is 8. The zero-order chi connectivity index (χ0) is 17.5. The van der Waals surface area contributed by atoms with E-state index in [9.17, 15) is 0 Å². The van der Waals surface area contributed by atoms with Gasteiger partial charge in [-0.25, -0.2) is 15.0 Å². The Labute approximate surface area is 152 Å². The van der Waals surface area contributed by atoms with E-state index in [-0.39, 0.29) is 0 Å². The summed E-state index contributed by atoms with van der Waals surface area (Å²) >= 11 is 1.58. The molecule has 3 aromatic rings. The van der Waals surface area contributed by atoms with Gasteiger partial charge in [-0.3, -0.25) is 0 Å². The van der Waals surface area contributed by atoms with Crippen LogP contribution in [-0.4, -0.2) is 21.5 Å². The summed E-state index contributed by atoms with van der Waals surface area (Å²) in [7, 11) is 0. The van der Waals surface area contributed by atoms with Crippen molar-refractivity contribution < 1.29 is 0 Å². The van der Waals surface area contributed by atoms with Gasteiger partial charge < -0.3 is 10.6 Å². The van der Waals surface area contributed by atoms with E-state index in [2.05, 4.69) is 45.5 Å². The minimum atomic E-state index is 0.727. The molecule has 3 heterocycles. The van der Waals surface area contributed by atoms with Crippen LogP contribution in [0.2, 0.25) is 0 Å². The third-order valence-corrected chi connectivity index (χ3v) is 4.50. The Morgan fingerprint density at radius 2 is 2.00 bits per heavy atom. The van der Waals surface area contributed by atoms with E-state index in [0.29, 0.717) is 0 Å². The van der Waals surface area contributed by atoms with Gasteiger partial charge in [0, 0.05) is 24.3 Å². The van der Waals surface area contributed by atoms with Gasteiger partial charge in [-0.15, -0.1) is 11.3 Å². The fourth-order valence-corrected chi connectivity index (χ4v) is 2.94. The second-order valence-corrected chi connectivity index (χ2v) is 7.18. The third-order valence-electron chi connectivity index (χ3n) is 3.71. The summed E-state index contributed by atoms with van der Waals surface area (Å²) in [4.78, 5) is 13.4. The van der Waals surface area contributed by atoms with E-state index in [4.69, 9.17) is 0 Å². The highest BCUT2D eigenvalue weighted by Gasteiger charge is 2.04. The van der Waals surface area contributed by atoms with Crippen LogP contribution in [-0.2, 0) is 6.54 Å². The predicted molar refractivity (Wildman–Crippen MR) is 104 cm³/mol. The molecule has 0 aliphatic heterocycles. The Bertz CT molecular complexity index is 769. The molecule has 0 aliphatic carbocycles. The number of hydrogen-bond acceptors (Lipinski definition) is 6. The minimum absolute atomic E-state index is 0.727. The number of pyridine rings is 2. The molecule has 6 heteroatoms. The molecule has 0 aromatic carbocycles. The summed E-state index contributed by atoms with van der Waals surface area (Å²) < 4.78 is 0. The first kappa shape index (κ1) is 17.5. The summed E-state index contributed by atoms with van der Waals surface area (Å²) in [5.41, 5.74) is 2.05. The van der Waals surface area contributed by atoms with Crippen molar-refractivity contribution in [1.29, 1.82) is 0 Å². The molecule has 5 nitrogen and oxygen atoms in total. The molecule has 0 aliphatic rings. The second kappa shape index (κ2) is 8.69. The molecule has 2 N–H and O–H groups in total. The Kier molecular flexibility index (Phi) is 6.09. The topological polar surface area (TPSA) is 62.7 Å². The lowest BCUT2D eigenvalue weighted by molar-refractivity contribution is 0.537. The van der Waals surface area contributed by atoms with E-state index in [1.807, 2.05) is 35.8 Å². The zero-order valence-corrected chi connectivity index (χ0v) is 15.4. The van der Waals surface area contributed by atoms with Gasteiger partial charge in [0.05, 0.1) is 0 Å². The zero-order valence-electron chi connectivity index (χ0n) is 14.6. The van der Waals surface area contributed by atoms with Gasteiger partial charge >= 0.3 is 0 Å². The van der Waals surface area contributed by atoms with Gasteiger partial charge in [-0.05, 0) is 42.6 Å². The molecule has 0 unspecified atom stereocenters. The maximum atomic E-state index is 4.59. The maximum absolute atomic E-state index is 4.59. The van der Waals surface area contributed by atoms with E-state index in [0.717, 1.165) is 41.3 Å². The molecule has 0 saturated carbocycles. The van der Waals surface area contributed by atoms with Crippen molar-refractivity contribution in [3.05, 3.63) is 53.7 Å². The lowest BCUT2D eigenvalue weighted by Crippen LogP contribution is -2.16. The average molecular weight is 353 g/mol. The van der Waals surface area contributed by atoms with Crippen molar-refractivity contribution in [2.24, 2.45) is 5.92 Å². The molecule has 0 fully saturated rings. The smallest absolute Gasteiger partial charge is 0.141 e. The maximum Gasteiger partial charge on any atom is 0.141 e. The molecule has 0 radical (unpaired) electrons. The predicted octanol–water partition coefficient (Wildman–Crippen LogP) is 4.48. The summed E-state index contributed by atoms with van der Waals surface area (Å²) in [6.07, 6.45) is 4.88. The monoisotopic (exact) mass is 353 g/mol. The van der Waals surface area contributed by atoms with Crippen molar-refractivity contribution in [3.8, 4) is 10.7 Å². The van der Waals surface area contributed by atoms with Crippen LogP contribution in [0.4, 0.5) is 11.6 Å². The Hall–Kier alpha value is -2.31. The normalized spacial score (nSPS) is 11.0. The van der Waals surface area contributed by atoms with Crippen LogP contribution < -0.4 is 10.6 Å². The van der Waals surface area contributed by atoms with Crippen LogP contribution in [0, 0.1) is 5.92 Å². The number of anilines is 2. The Balaban J connectivity index is 1.57. The standard InChI is InChI=1S/C19H23N5S/c1-14(2)8-9-20-12-15-6-7-17(22-13-15)24-18-5-3-4-16(23-18)19-21-10-11-25-19/h3-7,10-11,13-14,20H,8-9,12H2,1-2H3,(H,22,23,24). The largest absolute Gasteiger partial charge is 0.325 e. The van der Waals surface area contributed by atoms with Crippen molar-refractivity contribution in [1.82, 2.24) is 20.3 Å². The SMILES string of the molecule is CC(C)CCNCc1ccc(Nc2cccc(-c3nccs3)n2)nc1. The fourth-order valence-electron chi connectivity index (χ4n) is 2.33. The van der Waals surface area contributed by atoms with E-state index in [1.165, 1.54) is 12.0 Å². The molecule has 0 bridgehead atoms. The van der Waals surface area contributed by atoms with Crippen LogP contribution >= 0.6 is 11.3 Å². The van der Waals surface area contributed by atoms with Crippen LogP contribution in [0.25, 0.3) is 10.7 Å².